The van der Waals surface area contributed by atoms with Crippen molar-refractivity contribution in [1.29, 1.82) is 0 Å². The van der Waals surface area contributed by atoms with Crippen LogP contribution in [0.2, 0.25) is 0 Å². The van der Waals surface area contributed by atoms with Crippen molar-refractivity contribution in [3.05, 3.63) is 15.1 Å². The minimum Gasteiger partial charge on any atom is -0.327 e. The number of aromatic amines is 1. The Morgan fingerprint density at radius 1 is 1.26 bits per heavy atom. The molecule has 0 radical (unpaired) electrons. The summed E-state index contributed by atoms with van der Waals surface area (Å²) in [6.45, 7) is 2.65. The summed E-state index contributed by atoms with van der Waals surface area (Å²) in [4.78, 5) is 19.7. The maximum atomic E-state index is 12.6. The van der Waals surface area contributed by atoms with Gasteiger partial charge in [0.25, 0.3) is 10.7 Å². The summed E-state index contributed by atoms with van der Waals surface area (Å²) in [6, 6.07) is 0. The number of fused-ring (bicyclic) bond motifs is 2. The van der Waals surface area contributed by atoms with Crippen molar-refractivity contribution in [2.24, 2.45) is 0 Å². The minimum atomic E-state index is -3.68. The van der Waals surface area contributed by atoms with Gasteiger partial charge in [-0.05, 0) is 22.4 Å². The quantitative estimate of drug-likeness (QED) is 0.504. The number of imidazole rings is 1. The zero-order chi connectivity index (χ0) is 16.8. The summed E-state index contributed by atoms with van der Waals surface area (Å²) in [6.07, 6.45) is 3.89. The van der Waals surface area contributed by atoms with Gasteiger partial charge < -0.3 is 4.98 Å². The highest BCUT2D eigenvalue weighted by Gasteiger charge is 2.23. The van der Waals surface area contributed by atoms with Gasteiger partial charge in [-0.25, -0.2) is 17.8 Å². The number of aryl methyl sites for hydroxylation is 1. The van der Waals surface area contributed by atoms with Gasteiger partial charge in [0.1, 0.15) is 0 Å². The van der Waals surface area contributed by atoms with Crippen LogP contribution in [0.3, 0.4) is 0 Å². The van der Waals surface area contributed by atoms with Crippen molar-refractivity contribution in [2.45, 2.75) is 37.9 Å². The topological polar surface area (TPSA) is 115 Å². The van der Waals surface area contributed by atoms with Gasteiger partial charge in [0.2, 0.25) is 15.6 Å². The first-order valence-electron chi connectivity index (χ1n) is 7.07. The second-order valence-corrected chi connectivity index (χ2v) is 7.94. The highest BCUT2D eigenvalue weighted by molar-refractivity contribution is 9.10. The van der Waals surface area contributed by atoms with E-state index in [9.17, 15) is 13.2 Å². The molecule has 0 spiro atoms. The van der Waals surface area contributed by atoms with E-state index >= 15 is 0 Å². The van der Waals surface area contributed by atoms with Crippen molar-refractivity contribution in [2.75, 3.05) is 6.26 Å². The number of H-pyrrole nitrogens is 1. The van der Waals surface area contributed by atoms with Crippen LogP contribution in [0, 0.1) is 0 Å². The third-order valence-electron chi connectivity index (χ3n) is 3.50. The molecule has 0 unspecified atom stereocenters. The molecule has 0 aliphatic rings. The van der Waals surface area contributed by atoms with E-state index in [0.717, 1.165) is 29.9 Å². The Morgan fingerprint density at radius 2 is 2.00 bits per heavy atom. The molecule has 1 N–H and O–H groups in total. The molecule has 0 aromatic carbocycles. The van der Waals surface area contributed by atoms with Gasteiger partial charge >= 0.3 is 0 Å². The Bertz CT molecular complexity index is 1050. The van der Waals surface area contributed by atoms with Crippen molar-refractivity contribution >= 4 is 42.7 Å². The normalized spacial score (nSPS) is 12.5. The standard InChI is InChI=1S/C12H15BrN6O3S/c1-3-4-5-6-18-8-7(14-10(13)15-8)9(20)19-11(18)16-17-12(19)23(2,21)22/h3-6H2,1-2H3,(H,14,15). The van der Waals surface area contributed by atoms with Gasteiger partial charge in [-0.1, -0.05) is 19.8 Å². The van der Waals surface area contributed by atoms with Gasteiger partial charge in [-0.15, -0.1) is 10.2 Å². The fraction of sp³-hybridized carbons (Fsp3) is 0.500. The summed E-state index contributed by atoms with van der Waals surface area (Å²) in [5, 5.41) is 7.24. The molecule has 11 heteroatoms. The van der Waals surface area contributed by atoms with E-state index in [0.29, 0.717) is 16.9 Å². The molecule has 0 saturated heterocycles. The van der Waals surface area contributed by atoms with E-state index in [1.54, 1.807) is 4.57 Å². The highest BCUT2D eigenvalue weighted by atomic mass is 79.9. The fourth-order valence-corrected chi connectivity index (χ4v) is 3.52. The molecule has 3 heterocycles. The highest BCUT2D eigenvalue weighted by Crippen LogP contribution is 2.17. The fourth-order valence-electron chi connectivity index (χ4n) is 2.47. The molecular weight excluding hydrogens is 388 g/mol. The summed E-state index contributed by atoms with van der Waals surface area (Å²) in [7, 11) is -3.68. The minimum absolute atomic E-state index is 0.179. The summed E-state index contributed by atoms with van der Waals surface area (Å²) < 4.78 is 26.9. The lowest BCUT2D eigenvalue weighted by Crippen LogP contribution is -2.22. The van der Waals surface area contributed by atoms with E-state index in [2.05, 4.69) is 43.0 Å². The van der Waals surface area contributed by atoms with Crippen molar-refractivity contribution in [3.8, 4) is 0 Å². The third-order valence-corrected chi connectivity index (χ3v) is 4.81. The number of hydrogen-bond donors (Lipinski definition) is 1. The van der Waals surface area contributed by atoms with Crippen molar-refractivity contribution in [1.82, 2.24) is 29.1 Å². The number of aromatic nitrogens is 6. The average Bonchev–Trinajstić information content (AvgIpc) is 3.06. The predicted molar refractivity (Wildman–Crippen MR) is 87.2 cm³/mol. The van der Waals surface area contributed by atoms with Crippen molar-refractivity contribution in [3.63, 3.8) is 0 Å². The Morgan fingerprint density at radius 3 is 2.65 bits per heavy atom. The smallest absolute Gasteiger partial charge is 0.287 e. The molecule has 3 rings (SSSR count). The van der Waals surface area contributed by atoms with Crippen LogP contribution in [0.5, 0.6) is 0 Å². The van der Waals surface area contributed by atoms with Gasteiger partial charge in [0, 0.05) is 12.8 Å². The number of nitrogens with zero attached hydrogens (tertiary/aromatic N) is 5. The van der Waals surface area contributed by atoms with Crippen LogP contribution in [-0.2, 0) is 16.4 Å². The third kappa shape index (κ3) is 2.67. The van der Waals surface area contributed by atoms with E-state index in [1.807, 2.05) is 0 Å². The molecule has 0 fully saturated rings. The molecule has 0 saturated carbocycles. The molecular formula is C12H15BrN6O3S. The van der Waals surface area contributed by atoms with Gasteiger partial charge in [-0.3, -0.25) is 9.36 Å². The van der Waals surface area contributed by atoms with E-state index < -0.39 is 15.4 Å². The summed E-state index contributed by atoms with van der Waals surface area (Å²) in [5.41, 5.74) is 0.105. The van der Waals surface area contributed by atoms with Crippen LogP contribution >= 0.6 is 15.9 Å². The maximum Gasteiger partial charge on any atom is 0.287 e. The molecule has 3 aromatic rings. The van der Waals surface area contributed by atoms with E-state index in [4.69, 9.17) is 0 Å². The van der Waals surface area contributed by atoms with Crippen LogP contribution in [-0.4, -0.2) is 43.8 Å². The maximum absolute atomic E-state index is 12.6. The second kappa shape index (κ2) is 5.71. The van der Waals surface area contributed by atoms with Crippen LogP contribution in [0.15, 0.2) is 14.7 Å². The first-order chi connectivity index (χ1) is 10.8. The zero-order valence-electron chi connectivity index (χ0n) is 12.6. The van der Waals surface area contributed by atoms with Crippen LogP contribution in [0.4, 0.5) is 0 Å². The van der Waals surface area contributed by atoms with Gasteiger partial charge in [0.05, 0.1) is 0 Å². The van der Waals surface area contributed by atoms with Gasteiger partial charge in [0.15, 0.2) is 15.9 Å². The summed E-state index contributed by atoms with van der Waals surface area (Å²) >= 11 is 3.21. The molecule has 23 heavy (non-hydrogen) atoms. The molecule has 3 aromatic heterocycles. The Labute approximate surface area is 139 Å². The number of sulfone groups is 1. The number of nitrogens with one attached hydrogen (secondary N) is 1. The first-order valence-corrected chi connectivity index (χ1v) is 9.76. The van der Waals surface area contributed by atoms with E-state index in [1.165, 1.54) is 0 Å². The number of rotatable bonds is 5. The number of hydrogen-bond acceptors (Lipinski definition) is 6. The van der Waals surface area contributed by atoms with Crippen LogP contribution in [0.25, 0.3) is 16.9 Å². The Kier molecular flexibility index (Phi) is 4.00. The monoisotopic (exact) mass is 402 g/mol. The SMILES string of the molecule is CCCCCn1c2nc(Br)[nH]c2c(=O)n2c(S(C)(=O)=O)nnc12. The van der Waals surface area contributed by atoms with E-state index in [-0.39, 0.29) is 16.5 Å². The Balaban J connectivity index is 2.39. The predicted octanol–water partition coefficient (Wildman–Crippen LogP) is 1.12. The Hall–Kier alpha value is -1.75. The number of unbranched alkanes of at least 4 members (excludes halogenated alkanes) is 2. The van der Waals surface area contributed by atoms with Crippen LogP contribution < -0.4 is 5.56 Å². The molecule has 0 atom stereocenters. The van der Waals surface area contributed by atoms with Crippen LogP contribution in [0.1, 0.15) is 26.2 Å². The molecule has 0 bridgehead atoms. The molecule has 124 valence electrons. The van der Waals surface area contributed by atoms with Gasteiger partial charge in [-0.2, -0.15) is 0 Å². The summed E-state index contributed by atoms with van der Waals surface area (Å²) in [5.74, 6) is 0.179. The largest absolute Gasteiger partial charge is 0.327 e. The number of halogens is 1. The molecule has 0 aliphatic carbocycles. The molecule has 0 aliphatic heterocycles. The molecule has 0 amide bonds. The first kappa shape index (κ1) is 16.1. The zero-order valence-corrected chi connectivity index (χ0v) is 15.0. The lowest BCUT2D eigenvalue weighted by molar-refractivity contribution is 0.588. The van der Waals surface area contributed by atoms with Crippen molar-refractivity contribution < 1.29 is 8.42 Å². The molecule has 9 nitrogen and oxygen atoms in total. The average molecular weight is 403 g/mol. The lowest BCUT2D eigenvalue weighted by Gasteiger charge is -2.08. The lowest BCUT2D eigenvalue weighted by atomic mass is 10.2. The second-order valence-electron chi connectivity index (χ2n) is 5.28.